The highest BCUT2D eigenvalue weighted by Crippen LogP contribution is 2.34. The van der Waals surface area contributed by atoms with Crippen molar-refractivity contribution in [3.8, 4) is 5.69 Å². The Morgan fingerprint density at radius 1 is 1.24 bits per heavy atom. The lowest BCUT2D eigenvalue weighted by atomic mass is 9.78. The van der Waals surface area contributed by atoms with Crippen molar-refractivity contribution < 1.29 is 0 Å². The third-order valence-corrected chi connectivity index (χ3v) is 6.61. The molecule has 34 heavy (non-hydrogen) atoms. The van der Waals surface area contributed by atoms with Gasteiger partial charge in [0.2, 0.25) is 5.95 Å². The molecule has 8 nitrogen and oxygen atoms in total. The van der Waals surface area contributed by atoms with Gasteiger partial charge in [0.1, 0.15) is 5.49 Å². The van der Waals surface area contributed by atoms with E-state index < -0.39 is 5.69 Å². The Morgan fingerprint density at radius 2 is 2.03 bits per heavy atom. The van der Waals surface area contributed by atoms with E-state index in [-0.39, 0.29) is 16.5 Å². The summed E-state index contributed by atoms with van der Waals surface area (Å²) in [5.74, 6) is 0.345. The zero-order valence-corrected chi connectivity index (χ0v) is 20.3. The normalized spacial score (nSPS) is 15.3. The van der Waals surface area contributed by atoms with Gasteiger partial charge in [-0.15, -0.1) is 0 Å². The molecule has 0 amide bonds. The summed E-state index contributed by atoms with van der Waals surface area (Å²) in [6.07, 6.45) is 1.54. The number of rotatable bonds is 3. The topological polar surface area (TPSA) is 103 Å². The van der Waals surface area contributed by atoms with Crippen molar-refractivity contribution in [2.45, 2.75) is 32.7 Å². The third kappa shape index (κ3) is 3.78. The van der Waals surface area contributed by atoms with Crippen molar-refractivity contribution in [1.82, 2.24) is 24.4 Å². The van der Waals surface area contributed by atoms with Gasteiger partial charge in [-0.1, -0.05) is 43.6 Å². The molecule has 4 aromatic rings. The van der Waals surface area contributed by atoms with Gasteiger partial charge in [0, 0.05) is 30.4 Å². The first-order valence-electron chi connectivity index (χ1n) is 11.1. The molecule has 5 rings (SSSR count). The smallest absolute Gasteiger partial charge is 0.324 e. The van der Waals surface area contributed by atoms with Crippen LogP contribution in [0.3, 0.4) is 0 Å². The highest BCUT2D eigenvalue weighted by Gasteiger charge is 2.30. The van der Waals surface area contributed by atoms with Crippen molar-refractivity contribution in [1.29, 1.82) is 5.41 Å². The maximum absolute atomic E-state index is 12.9. The Morgan fingerprint density at radius 3 is 2.79 bits per heavy atom. The SMILES string of the molecule is Cc1cccc(Cl)c1-n1c(=O)[nH]c2nc(Nc3ccc4c(c3)CN(C)CC4(C)C)ncc2c1=N. The second-order valence-electron chi connectivity index (χ2n) is 9.53. The van der Waals surface area contributed by atoms with Crippen LogP contribution >= 0.6 is 11.6 Å². The summed E-state index contributed by atoms with van der Waals surface area (Å²) in [4.78, 5) is 26.9. The number of fused-ring (bicyclic) bond motifs is 2. The Labute approximate surface area is 201 Å². The molecule has 0 saturated heterocycles. The van der Waals surface area contributed by atoms with Gasteiger partial charge < -0.3 is 10.2 Å². The number of hydrogen-bond donors (Lipinski definition) is 3. The number of nitrogens with one attached hydrogen (secondary N) is 3. The second kappa shape index (κ2) is 8.07. The lowest BCUT2D eigenvalue weighted by Gasteiger charge is -2.38. The van der Waals surface area contributed by atoms with E-state index in [1.807, 2.05) is 19.1 Å². The number of hydrogen-bond acceptors (Lipinski definition) is 6. The molecule has 2 aromatic carbocycles. The monoisotopic (exact) mass is 475 g/mol. The second-order valence-corrected chi connectivity index (χ2v) is 9.94. The minimum atomic E-state index is -0.489. The maximum Gasteiger partial charge on any atom is 0.333 e. The van der Waals surface area contributed by atoms with Gasteiger partial charge in [0.25, 0.3) is 0 Å². The van der Waals surface area contributed by atoms with Crippen LogP contribution in [0.5, 0.6) is 0 Å². The van der Waals surface area contributed by atoms with Crippen molar-refractivity contribution in [3.63, 3.8) is 0 Å². The number of anilines is 2. The first kappa shape index (κ1) is 22.3. The van der Waals surface area contributed by atoms with Crippen LogP contribution in [0.25, 0.3) is 16.7 Å². The molecule has 0 atom stereocenters. The van der Waals surface area contributed by atoms with Crippen LogP contribution in [0.1, 0.15) is 30.5 Å². The number of likely N-dealkylation sites (N-methyl/N-ethyl adjacent to an activating group) is 1. The predicted octanol–water partition coefficient (Wildman–Crippen LogP) is 4.02. The van der Waals surface area contributed by atoms with E-state index in [1.165, 1.54) is 15.7 Å². The molecule has 3 N–H and O–H groups in total. The zero-order valence-electron chi connectivity index (χ0n) is 19.5. The first-order chi connectivity index (χ1) is 16.1. The zero-order chi connectivity index (χ0) is 24.2. The van der Waals surface area contributed by atoms with Crippen LogP contribution in [0.15, 0.2) is 47.4 Å². The average Bonchev–Trinajstić information content (AvgIpc) is 2.74. The van der Waals surface area contributed by atoms with Gasteiger partial charge >= 0.3 is 5.69 Å². The molecule has 9 heteroatoms. The molecule has 0 unspecified atom stereocenters. The summed E-state index contributed by atoms with van der Waals surface area (Å²) in [6.45, 7) is 8.25. The molecule has 0 spiro atoms. The number of H-pyrrole nitrogens is 1. The summed E-state index contributed by atoms with van der Waals surface area (Å²) < 4.78 is 1.25. The molecule has 1 aliphatic rings. The van der Waals surface area contributed by atoms with Crippen LogP contribution in [0.2, 0.25) is 5.02 Å². The molecular formula is C25H26ClN7O. The molecule has 0 fully saturated rings. The predicted molar refractivity (Wildman–Crippen MR) is 134 cm³/mol. The number of aromatic nitrogens is 4. The number of aromatic amines is 1. The minimum Gasteiger partial charge on any atom is -0.324 e. The standard InChI is InChI=1S/C25H26ClN7O/c1-14-6-5-7-19(26)20(14)33-21(27)17-11-28-23(30-22(17)31-24(33)34)29-16-8-9-18-15(10-16)12-32(4)13-25(18,2)3/h5-11,27H,12-13H2,1-4H3,(H2,28,29,30,31,34). The minimum absolute atomic E-state index is 0.0273. The van der Waals surface area contributed by atoms with Gasteiger partial charge in [0.05, 0.1) is 16.1 Å². The molecule has 0 saturated carbocycles. The molecule has 3 heterocycles. The Bertz CT molecular complexity index is 1530. The van der Waals surface area contributed by atoms with Crippen LogP contribution in [-0.2, 0) is 12.0 Å². The van der Waals surface area contributed by atoms with Crippen LogP contribution < -0.4 is 16.5 Å². The summed E-state index contributed by atoms with van der Waals surface area (Å²) in [6, 6.07) is 11.7. The van der Waals surface area contributed by atoms with E-state index in [1.54, 1.807) is 18.3 Å². The Hall–Kier alpha value is -3.49. The van der Waals surface area contributed by atoms with Crippen molar-refractivity contribution >= 4 is 34.3 Å². The molecule has 2 aromatic heterocycles. The average molecular weight is 476 g/mol. The van der Waals surface area contributed by atoms with E-state index in [2.05, 4.69) is 58.2 Å². The molecular weight excluding hydrogens is 450 g/mol. The van der Waals surface area contributed by atoms with Crippen molar-refractivity contribution in [2.24, 2.45) is 0 Å². The maximum atomic E-state index is 12.9. The Balaban J connectivity index is 1.53. The lowest BCUT2D eigenvalue weighted by molar-refractivity contribution is 0.236. The van der Waals surface area contributed by atoms with Gasteiger partial charge in [-0.2, -0.15) is 4.98 Å². The Kier molecular flexibility index (Phi) is 5.30. The van der Waals surface area contributed by atoms with Crippen molar-refractivity contribution in [2.75, 3.05) is 18.9 Å². The van der Waals surface area contributed by atoms with E-state index in [4.69, 9.17) is 17.0 Å². The number of para-hydroxylation sites is 1. The molecule has 0 bridgehead atoms. The number of benzene rings is 2. The van der Waals surface area contributed by atoms with E-state index in [9.17, 15) is 4.79 Å². The van der Waals surface area contributed by atoms with Gasteiger partial charge in [-0.25, -0.2) is 14.3 Å². The number of halogens is 1. The number of nitrogens with zero attached hydrogens (tertiary/aromatic N) is 4. The molecule has 1 aliphatic heterocycles. The number of aryl methyl sites for hydroxylation is 1. The van der Waals surface area contributed by atoms with E-state index in [0.717, 1.165) is 24.3 Å². The summed E-state index contributed by atoms with van der Waals surface area (Å²) in [5, 5.41) is 12.7. The van der Waals surface area contributed by atoms with Crippen molar-refractivity contribution in [3.05, 3.63) is 80.3 Å². The molecule has 0 radical (unpaired) electrons. The first-order valence-corrected chi connectivity index (χ1v) is 11.4. The quantitative estimate of drug-likeness (QED) is 0.415. The summed E-state index contributed by atoms with van der Waals surface area (Å²) in [7, 11) is 2.13. The fraction of sp³-hybridized carbons (Fsp3) is 0.280. The van der Waals surface area contributed by atoms with E-state index >= 15 is 0 Å². The van der Waals surface area contributed by atoms with Gasteiger partial charge in [-0.05, 0) is 48.9 Å². The lowest BCUT2D eigenvalue weighted by Crippen LogP contribution is -2.39. The fourth-order valence-electron chi connectivity index (χ4n) is 4.91. The third-order valence-electron chi connectivity index (χ3n) is 6.30. The molecule has 0 aliphatic carbocycles. The largest absolute Gasteiger partial charge is 0.333 e. The van der Waals surface area contributed by atoms with Crippen LogP contribution in [-0.4, -0.2) is 38.0 Å². The fourth-order valence-corrected chi connectivity index (χ4v) is 5.21. The van der Waals surface area contributed by atoms with Gasteiger partial charge in [0.15, 0.2) is 5.65 Å². The highest BCUT2D eigenvalue weighted by molar-refractivity contribution is 6.32. The van der Waals surface area contributed by atoms with Gasteiger partial charge in [-0.3, -0.25) is 10.4 Å². The van der Waals surface area contributed by atoms with E-state index in [0.29, 0.717) is 22.0 Å². The van der Waals surface area contributed by atoms with Crippen LogP contribution in [0.4, 0.5) is 11.6 Å². The highest BCUT2D eigenvalue weighted by atomic mass is 35.5. The summed E-state index contributed by atoms with van der Waals surface area (Å²) >= 11 is 6.35. The summed E-state index contributed by atoms with van der Waals surface area (Å²) in [5.41, 5.74) is 4.60. The van der Waals surface area contributed by atoms with Crippen LogP contribution in [0, 0.1) is 12.3 Å². The molecule has 174 valence electrons.